The van der Waals surface area contributed by atoms with Gasteiger partial charge in [-0.25, -0.2) is 10.8 Å². The van der Waals surface area contributed by atoms with Gasteiger partial charge in [-0.2, -0.15) is 10.1 Å². The molecule has 0 bridgehead atoms. The van der Waals surface area contributed by atoms with E-state index in [-0.39, 0.29) is 0 Å². The maximum atomic E-state index is 5.75. The summed E-state index contributed by atoms with van der Waals surface area (Å²) in [6, 6.07) is 1.74. The molecule has 2 heterocycles. The van der Waals surface area contributed by atoms with E-state index in [0.29, 0.717) is 17.6 Å². The van der Waals surface area contributed by atoms with E-state index in [1.54, 1.807) is 10.7 Å². The van der Waals surface area contributed by atoms with Crippen LogP contribution in [0.25, 0.3) is 0 Å². The smallest absolute Gasteiger partial charge is 0.240 e. The predicted octanol–water partition coefficient (Wildman–Crippen LogP) is 1.21. The monoisotopic (exact) mass is 248 g/mol. The molecule has 0 amide bonds. The Kier molecular flexibility index (Phi) is 3.15. The van der Waals surface area contributed by atoms with Crippen LogP contribution < -0.4 is 16.0 Å². The van der Waals surface area contributed by atoms with E-state index in [1.807, 2.05) is 27.8 Å². The molecule has 3 N–H and O–H groups in total. The molecule has 0 aliphatic rings. The number of ether oxygens (including phenoxy) is 1. The summed E-state index contributed by atoms with van der Waals surface area (Å²) in [5, 5.41) is 4.28. The van der Waals surface area contributed by atoms with Crippen molar-refractivity contribution in [3.05, 3.63) is 23.1 Å². The van der Waals surface area contributed by atoms with Crippen LogP contribution in [-0.4, -0.2) is 19.7 Å². The molecule has 0 unspecified atom stereocenters. The van der Waals surface area contributed by atoms with Crippen molar-refractivity contribution in [3.63, 3.8) is 0 Å². The third-order valence-corrected chi connectivity index (χ3v) is 2.61. The molecule has 0 aromatic carbocycles. The number of hydrogen-bond donors (Lipinski definition) is 2. The Hall–Kier alpha value is -2.15. The van der Waals surface area contributed by atoms with Gasteiger partial charge in [0.05, 0.1) is 5.69 Å². The zero-order valence-electron chi connectivity index (χ0n) is 10.9. The van der Waals surface area contributed by atoms with Gasteiger partial charge in [-0.3, -0.25) is 10.1 Å². The van der Waals surface area contributed by atoms with Gasteiger partial charge in [0.2, 0.25) is 11.8 Å². The zero-order chi connectivity index (χ0) is 13.3. The van der Waals surface area contributed by atoms with Crippen LogP contribution in [0.4, 0.5) is 5.95 Å². The van der Waals surface area contributed by atoms with Crippen molar-refractivity contribution < 1.29 is 4.74 Å². The predicted molar refractivity (Wildman–Crippen MR) is 67.3 cm³/mol. The van der Waals surface area contributed by atoms with Crippen LogP contribution >= 0.6 is 0 Å². The summed E-state index contributed by atoms with van der Waals surface area (Å²) in [5.41, 5.74) is 4.93. The molecule has 0 saturated heterocycles. The minimum absolute atomic E-state index is 0.323. The highest BCUT2D eigenvalue weighted by atomic mass is 16.5. The molecule has 96 valence electrons. The summed E-state index contributed by atoms with van der Waals surface area (Å²) in [4.78, 5) is 8.23. The van der Waals surface area contributed by atoms with E-state index < -0.39 is 0 Å². The van der Waals surface area contributed by atoms with Crippen molar-refractivity contribution in [1.82, 2.24) is 19.7 Å². The van der Waals surface area contributed by atoms with Gasteiger partial charge in [0.25, 0.3) is 0 Å². The Bertz CT molecular complexity index is 577. The summed E-state index contributed by atoms with van der Waals surface area (Å²) in [5.74, 6) is 6.77. The van der Waals surface area contributed by atoms with Gasteiger partial charge in [-0.15, -0.1) is 0 Å². The third kappa shape index (κ3) is 2.25. The average Bonchev–Trinajstić information content (AvgIpc) is 2.55. The molecule has 0 aliphatic heterocycles. The summed E-state index contributed by atoms with van der Waals surface area (Å²) >= 11 is 0. The number of rotatable bonds is 3. The highest BCUT2D eigenvalue weighted by Gasteiger charge is 2.13. The lowest BCUT2D eigenvalue weighted by Crippen LogP contribution is -2.11. The summed E-state index contributed by atoms with van der Waals surface area (Å²) in [6.45, 7) is 5.67. The molecule has 7 nitrogen and oxygen atoms in total. The van der Waals surface area contributed by atoms with E-state index in [0.717, 1.165) is 17.1 Å². The quantitative estimate of drug-likeness (QED) is 0.626. The lowest BCUT2D eigenvalue weighted by atomic mass is 10.3. The van der Waals surface area contributed by atoms with Crippen LogP contribution in [0.1, 0.15) is 17.1 Å². The zero-order valence-corrected chi connectivity index (χ0v) is 10.9. The van der Waals surface area contributed by atoms with Gasteiger partial charge in [-0.05, 0) is 20.8 Å². The SMILES string of the molecule is Cc1cc(Oc2c(C)nn(C)c2C)nc(NN)n1. The molecule has 0 atom stereocenters. The number of nitrogen functional groups attached to an aromatic ring is 1. The van der Waals surface area contributed by atoms with E-state index in [1.165, 1.54) is 0 Å². The normalized spacial score (nSPS) is 10.5. The molecular weight excluding hydrogens is 232 g/mol. The highest BCUT2D eigenvalue weighted by molar-refractivity contribution is 5.37. The maximum absolute atomic E-state index is 5.75. The van der Waals surface area contributed by atoms with Crippen molar-refractivity contribution in [2.45, 2.75) is 20.8 Å². The standard InChI is InChI=1S/C11H16N6O/c1-6-5-9(14-11(13-6)15-12)18-10-7(2)16-17(4)8(10)3/h5H,12H2,1-4H3,(H,13,14,15). The molecule has 0 saturated carbocycles. The Morgan fingerprint density at radius 3 is 2.56 bits per heavy atom. The number of nitrogens with one attached hydrogen (secondary N) is 1. The molecule has 0 aliphatic carbocycles. The summed E-state index contributed by atoms with van der Waals surface area (Å²) in [6.07, 6.45) is 0. The second-order valence-electron chi connectivity index (χ2n) is 4.04. The fraction of sp³-hybridized carbons (Fsp3) is 0.364. The van der Waals surface area contributed by atoms with Gasteiger partial charge in [0.15, 0.2) is 5.75 Å². The first-order valence-electron chi connectivity index (χ1n) is 5.51. The molecule has 18 heavy (non-hydrogen) atoms. The fourth-order valence-corrected chi connectivity index (χ4v) is 1.66. The van der Waals surface area contributed by atoms with Crippen LogP contribution in [0, 0.1) is 20.8 Å². The molecule has 2 aromatic heterocycles. The topological polar surface area (TPSA) is 90.9 Å². The lowest BCUT2D eigenvalue weighted by Gasteiger charge is -2.07. The second-order valence-corrected chi connectivity index (χ2v) is 4.04. The van der Waals surface area contributed by atoms with Crippen LogP contribution in [-0.2, 0) is 7.05 Å². The first kappa shape index (κ1) is 12.3. The molecule has 2 rings (SSSR count). The Morgan fingerprint density at radius 2 is 2.00 bits per heavy atom. The number of nitrogens with zero attached hydrogens (tertiary/aromatic N) is 4. The fourth-order valence-electron chi connectivity index (χ4n) is 1.66. The Balaban J connectivity index is 2.36. The highest BCUT2D eigenvalue weighted by Crippen LogP contribution is 2.27. The number of hydrazine groups is 1. The van der Waals surface area contributed by atoms with Gasteiger partial charge in [0.1, 0.15) is 5.69 Å². The second kappa shape index (κ2) is 4.61. The first-order valence-corrected chi connectivity index (χ1v) is 5.51. The Labute approximate surface area is 105 Å². The van der Waals surface area contributed by atoms with E-state index in [4.69, 9.17) is 10.6 Å². The molecule has 2 aromatic rings. The van der Waals surface area contributed by atoms with E-state index in [2.05, 4.69) is 20.5 Å². The van der Waals surface area contributed by atoms with Crippen molar-refractivity contribution in [2.75, 3.05) is 5.43 Å². The van der Waals surface area contributed by atoms with Crippen molar-refractivity contribution in [3.8, 4) is 11.6 Å². The summed E-state index contributed by atoms with van der Waals surface area (Å²) in [7, 11) is 1.87. The lowest BCUT2D eigenvalue weighted by molar-refractivity contribution is 0.454. The molecule has 0 radical (unpaired) electrons. The van der Waals surface area contributed by atoms with Crippen LogP contribution in [0.2, 0.25) is 0 Å². The molecule has 7 heteroatoms. The van der Waals surface area contributed by atoms with E-state index >= 15 is 0 Å². The number of hydrogen-bond acceptors (Lipinski definition) is 6. The average molecular weight is 248 g/mol. The van der Waals surface area contributed by atoms with Crippen LogP contribution in [0.15, 0.2) is 6.07 Å². The third-order valence-electron chi connectivity index (χ3n) is 2.61. The van der Waals surface area contributed by atoms with Crippen LogP contribution in [0.5, 0.6) is 11.6 Å². The number of aromatic nitrogens is 4. The first-order chi connectivity index (χ1) is 8.51. The maximum Gasteiger partial charge on any atom is 0.240 e. The van der Waals surface area contributed by atoms with Gasteiger partial charge in [0, 0.05) is 18.8 Å². The molecule has 0 fully saturated rings. The van der Waals surface area contributed by atoms with Gasteiger partial charge >= 0.3 is 0 Å². The summed E-state index contributed by atoms with van der Waals surface area (Å²) < 4.78 is 7.52. The van der Waals surface area contributed by atoms with Gasteiger partial charge < -0.3 is 4.74 Å². The van der Waals surface area contributed by atoms with Crippen molar-refractivity contribution in [1.29, 1.82) is 0 Å². The largest absolute Gasteiger partial charge is 0.435 e. The minimum Gasteiger partial charge on any atom is -0.435 e. The number of aryl methyl sites for hydroxylation is 3. The molecule has 0 spiro atoms. The van der Waals surface area contributed by atoms with Crippen molar-refractivity contribution >= 4 is 5.95 Å². The Morgan fingerprint density at radius 1 is 1.28 bits per heavy atom. The van der Waals surface area contributed by atoms with Crippen LogP contribution in [0.3, 0.4) is 0 Å². The minimum atomic E-state index is 0.323. The number of nitrogens with two attached hydrogens (primary N) is 1. The number of anilines is 1. The van der Waals surface area contributed by atoms with E-state index in [9.17, 15) is 0 Å². The van der Waals surface area contributed by atoms with Crippen molar-refractivity contribution in [2.24, 2.45) is 12.9 Å². The molecular formula is C11H16N6O. The van der Waals surface area contributed by atoms with Gasteiger partial charge in [-0.1, -0.05) is 0 Å².